The summed E-state index contributed by atoms with van der Waals surface area (Å²) in [6.07, 6.45) is 0. The van der Waals surface area contributed by atoms with Crippen molar-refractivity contribution in [1.29, 1.82) is 0 Å². The number of pyridine rings is 1. The summed E-state index contributed by atoms with van der Waals surface area (Å²) in [4.78, 5) is 20.3. The Labute approximate surface area is 200 Å². The molecule has 1 heterocycles. The molecule has 5 nitrogen and oxygen atoms in total. The van der Waals surface area contributed by atoms with Gasteiger partial charge in [-0.05, 0) is 80.6 Å². The minimum Gasteiger partial charge on any atom is -0.343 e. The van der Waals surface area contributed by atoms with E-state index in [9.17, 15) is 4.79 Å². The summed E-state index contributed by atoms with van der Waals surface area (Å²) >= 11 is 11.9. The topological polar surface area (TPSA) is 51.4 Å². The van der Waals surface area contributed by atoms with E-state index in [0.29, 0.717) is 28.8 Å². The van der Waals surface area contributed by atoms with Gasteiger partial charge in [0.25, 0.3) is 5.56 Å². The Balaban J connectivity index is 1.89. The second kappa shape index (κ2) is 10.9. The predicted octanol–water partition coefficient (Wildman–Crippen LogP) is 5.34. The van der Waals surface area contributed by atoms with Crippen LogP contribution in [0.4, 0.5) is 5.69 Å². The maximum Gasteiger partial charge on any atom is 0.253 e. The predicted molar refractivity (Wildman–Crippen MR) is 140 cm³/mol. The number of anilines is 1. The fourth-order valence-corrected chi connectivity index (χ4v) is 4.33. The van der Waals surface area contributed by atoms with Crippen LogP contribution in [0.3, 0.4) is 0 Å². The van der Waals surface area contributed by atoms with Crippen molar-refractivity contribution < 1.29 is 0 Å². The summed E-state index contributed by atoms with van der Waals surface area (Å²) in [5, 5.41) is 5.55. The molecule has 2 N–H and O–H groups in total. The Bertz CT molecular complexity index is 1160. The summed E-state index contributed by atoms with van der Waals surface area (Å²) in [5.41, 5.74) is 4.58. The van der Waals surface area contributed by atoms with E-state index in [1.165, 1.54) is 0 Å². The first-order valence-corrected chi connectivity index (χ1v) is 11.8. The Morgan fingerprint density at radius 3 is 2.53 bits per heavy atom. The van der Waals surface area contributed by atoms with Crippen LogP contribution >= 0.6 is 23.8 Å². The molecule has 7 heteroatoms. The first kappa shape index (κ1) is 24.2. The van der Waals surface area contributed by atoms with E-state index < -0.39 is 0 Å². The molecule has 3 rings (SSSR count). The van der Waals surface area contributed by atoms with Crippen LogP contribution in [-0.4, -0.2) is 46.1 Å². The number of hydrogen-bond acceptors (Lipinski definition) is 3. The van der Waals surface area contributed by atoms with Crippen LogP contribution < -0.4 is 10.9 Å². The molecule has 0 aliphatic carbocycles. The molecule has 0 aliphatic heterocycles. The number of aromatic amines is 1. The normalized spacial score (nSPS) is 11.2. The van der Waals surface area contributed by atoms with Gasteiger partial charge in [-0.15, -0.1) is 0 Å². The highest BCUT2D eigenvalue weighted by Gasteiger charge is 2.15. The molecule has 0 saturated carbocycles. The molecule has 2 aromatic carbocycles. The largest absolute Gasteiger partial charge is 0.343 e. The summed E-state index contributed by atoms with van der Waals surface area (Å²) in [7, 11) is 0. The second-order valence-corrected chi connectivity index (χ2v) is 8.88. The van der Waals surface area contributed by atoms with Gasteiger partial charge < -0.3 is 20.1 Å². The molecule has 0 spiro atoms. The van der Waals surface area contributed by atoms with E-state index in [-0.39, 0.29) is 5.56 Å². The van der Waals surface area contributed by atoms with Crippen molar-refractivity contribution in [2.75, 3.05) is 31.5 Å². The third kappa shape index (κ3) is 6.09. The maximum absolute atomic E-state index is 12.9. The van der Waals surface area contributed by atoms with Gasteiger partial charge in [0.05, 0.1) is 6.54 Å². The monoisotopic (exact) mass is 470 g/mol. The zero-order valence-electron chi connectivity index (χ0n) is 19.2. The lowest BCUT2D eigenvalue weighted by Crippen LogP contribution is -2.41. The van der Waals surface area contributed by atoms with Gasteiger partial charge >= 0.3 is 0 Å². The lowest BCUT2D eigenvalue weighted by molar-refractivity contribution is 0.266. The molecular formula is C25H31ClN4OS. The highest BCUT2D eigenvalue weighted by molar-refractivity contribution is 7.80. The fourth-order valence-electron chi connectivity index (χ4n) is 3.86. The highest BCUT2D eigenvalue weighted by atomic mass is 35.5. The highest BCUT2D eigenvalue weighted by Crippen LogP contribution is 2.20. The molecule has 0 radical (unpaired) electrons. The number of thiocarbonyl (C=S) groups is 1. The Kier molecular flexibility index (Phi) is 8.29. The van der Waals surface area contributed by atoms with Crippen LogP contribution in [0.25, 0.3) is 10.9 Å². The van der Waals surface area contributed by atoms with E-state index in [1.54, 1.807) is 0 Å². The van der Waals surface area contributed by atoms with Gasteiger partial charge in [0, 0.05) is 40.3 Å². The first-order valence-electron chi connectivity index (χ1n) is 11.0. The van der Waals surface area contributed by atoms with Crippen LogP contribution in [0, 0.1) is 13.8 Å². The van der Waals surface area contributed by atoms with Crippen LogP contribution in [0.5, 0.6) is 0 Å². The lowest BCUT2D eigenvalue weighted by Gasteiger charge is -2.29. The van der Waals surface area contributed by atoms with Gasteiger partial charge in [-0.25, -0.2) is 0 Å². The van der Waals surface area contributed by atoms with Gasteiger partial charge in [0.2, 0.25) is 0 Å². The maximum atomic E-state index is 12.9. The van der Waals surface area contributed by atoms with E-state index in [4.69, 9.17) is 23.8 Å². The van der Waals surface area contributed by atoms with Crippen LogP contribution in [0.1, 0.15) is 30.5 Å². The van der Waals surface area contributed by atoms with Gasteiger partial charge in [0.1, 0.15) is 0 Å². The number of aromatic nitrogens is 1. The van der Waals surface area contributed by atoms with Gasteiger partial charge in [-0.1, -0.05) is 37.6 Å². The minimum atomic E-state index is -0.0825. The molecule has 1 aromatic heterocycles. The van der Waals surface area contributed by atoms with E-state index >= 15 is 0 Å². The Morgan fingerprint density at radius 1 is 1.09 bits per heavy atom. The number of benzene rings is 2. The standard InChI is InChI=1S/C25H31ClN4OS/c1-5-29(6-2)10-11-30(25(32)27-21-9-7-8-20(26)15-21)16-19-14-22-18(4)12-17(3)13-23(22)28-24(19)31/h7-9,12-15H,5-6,10-11,16H2,1-4H3,(H,27,32)(H,28,31). The number of rotatable bonds is 8. The number of halogens is 1. The number of nitrogens with one attached hydrogen (secondary N) is 2. The molecule has 0 amide bonds. The number of fused-ring (bicyclic) bond motifs is 1. The molecule has 32 heavy (non-hydrogen) atoms. The third-order valence-corrected chi connectivity index (χ3v) is 6.29. The van der Waals surface area contributed by atoms with Gasteiger partial charge in [0.15, 0.2) is 5.11 Å². The molecule has 0 bridgehead atoms. The number of nitrogens with zero attached hydrogens (tertiary/aromatic N) is 2. The smallest absolute Gasteiger partial charge is 0.253 e. The van der Waals surface area contributed by atoms with Crippen molar-refractivity contribution in [3.8, 4) is 0 Å². The Morgan fingerprint density at radius 2 is 1.84 bits per heavy atom. The van der Waals surface area contributed by atoms with E-state index in [0.717, 1.165) is 47.4 Å². The zero-order valence-corrected chi connectivity index (χ0v) is 20.7. The molecule has 3 aromatic rings. The quantitative estimate of drug-likeness (QED) is 0.435. The van der Waals surface area contributed by atoms with Crippen molar-refractivity contribution in [2.24, 2.45) is 0 Å². The molecule has 170 valence electrons. The lowest BCUT2D eigenvalue weighted by atomic mass is 10.0. The summed E-state index contributed by atoms with van der Waals surface area (Å²) in [6, 6.07) is 13.6. The zero-order chi connectivity index (χ0) is 23.3. The number of H-pyrrole nitrogens is 1. The average Bonchev–Trinajstić information content (AvgIpc) is 2.74. The number of hydrogen-bond donors (Lipinski definition) is 2. The third-order valence-electron chi connectivity index (χ3n) is 5.69. The van der Waals surface area contributed by atoms with Crippen molar-refractivity contribution >= 4 is 45.5 Å². The molecule has 0 unspecified atom stereocenters. The van der Waals surface area contributed by atoms with E-state index in [1.807, 2.05) is 43.3 Å². The summed E-state index contributed by atoms with van der Waals surface area (Å²) < 4.78 is 0. The molecule has 0 fully saturated rings. The SMILES string of the molecule is CCN(CC)CCN(Cc1cc2c(C)cc(C)cc2[nH]c1=O)C(=S)Nc1cccc(Cl)c1. The fraction of sp³-hybridized carbons (Fsp3) is 0.360. The van der Waals surface area contributed by atoms with Gasteiger partial charge in [-0.3, -0.25) is 4.79 Å². The summed E-state index contributed by atoms with van der Waals surface area (Å²) in [5.74, 6) is 0. The first-order chi connectivity index (χ1) is 15.3. The Hall–Kier alpha value is -2.41. The second-order valence-electron chi connectivity index (χ2n) is 8.06. The van der Waals surface area contributed by atoms with Crippen molar-refractivity contribution in [3.05, 3.63) is 74.5 Å². The van der Waals surface area contributed by atoms with Crippen LogP contribution in [-0.2, 0) is 6.54 Å². The number of aryl methyl sites for hydroxylation is 2. The molecule has 0 atom stereocenters. The van der Waals surface area contributed by atoms with Crippen LogP contribution in [0.15, 0.2) is 47.3 Å². The minimum absolute atomic E-state index is 0.0825. The average molecular weight is 471 g/mol. The molecule has 0 aliphatic rings. The summed E-state index contributed by atoms with van der Waals surface area (Å²) in [6.45, 7) is 12.3. The molecule has 0 saturated heterocycles. The van der Waals surface area contributed by atoms with Crippen molar-refractivity contribution in [1.82, 2.24) is 14.8 Å². The van der Waals surface area contributed by atoms with Crippen LogP contribution in [0.2, 0.25) is 5.02 Å². The molecular weight excluding hydrogens is 440 g/mol. The van der Waals surface area contributed by atoms with Gasteiger partial charge in [-0.2, -0.15) is 0 Å². The van der Waals surface area contributed by atoms with Crippen molar-refractivity contribution in [3.63, 3.8) is 0 Å². The van der Waals surface area contributed by atoms with E-state index in [2.05, 4.69) is 46.9 Å². The number of likely N-dealkylation sites (N-methyl/N-ethyl adjacent to an activating group) is 1. The van der Waals surface area contributed by atoms with Crippen molar-refractivity contribution in [2.45, 2.75) is 34.2 Å².